The van der Waals surface area contributed by atoms with Gasteiger partial charge in [-0.05, 0) is 37.0 Å². The van der Waals surface area contributed by atoms with Crippen molar-refractivity contribution in [2.24, 2.45) is 0 Å². The predicted octanol–water partition coefficient (Wildman–Crippen LogP) is 3.21. The topological polar surface area (TPSA) is 12.9 Å². The maximum Gasteiger partial charge on any atom is 0.249 e. The number of aryl methyl sites for hydroxylation is 2. The lowest BCUT2D eigenvalue weighted by atomic mass is 9.75. The van der Waals surface area contributed by atoms with Gasteiger partial charge in [0.05, 0.1) is 0 Å². The lowest BCUT2D eigenvalue weighted by Crippen LogP contribution is -2.34. The van der Waals surface area contributed by atoms with Crippen LogP contribution in [0.15, 0.2) is 12.3 Å². The predicted molar refractivity (Wildman–Crippen MR) is 50.6 cm³/mol. The van der Waals surface area contributed by atoms with E-state index in [0.717, 1.165) is 16.8 Å². The van der Waals surface area contributed by atoms with Gasteiger partial charge in [0.2, 0.25) is 5.92 Å². The summed E-state index contributed by atoms with van der Waals surface area (Å²) >= 11 is 0. The minimum atomic E-state index is -2.45. The van der Waals surface area contributed by atoms with Gasteiger partial charge in [-0.2, -0.15) is 0 Å². The monoisotopic (exact) mass is 197 g/mol. The first-order valence-electron chi connectivity index (χ1n) is 4.79. The summed E-state index contributed by atoms with van der Waals surface area (Å²) in [6, 6.07) is 1.89. The molecule has 0 atom stereocenters. The first kappa shape index (κ1) is 9.56. The summed E-state index contributed by atoms with van der Waals surface area (Å²) in [7, 11) is 0. The van der Waals surface area contributed by atoms with E-state index in [9.17, 15) is 8.78 Å². The molecule has 1 heterocycles. The van der Waals surface area contributed by atoms with Gasteiger partial charge in [-0.1, -0.05) is 0 Å². The Balaban J connectivity index is 2.26. The molecule has 0 amide bonds. The van der Waals surface area contributed by atoms with Gasteiger partial charge in [0, 0.05) is 24.7 Å². The zero-order valence-corrected chi connectivity index (χ0v) is 8.35. The first-order chi connectivity index (χ1) is 6.49. The van der Waals surface area contributed by atoms with E-state index in [1.54, 1.807) is 6.20 Å². The van der Waals surface area contributed by atoms with Gasteiger partial charge in [-0.15, -0.1) is 0 Å². The molecule has 0 spiro atoms. The number of halogens is 2. The third-order valence-electron chi connectivity index (χ3n) is 2.91. The van der Waals surface area contributed by atoms with Gasteiger partial charge < -0.3 is 0 Å². The number of hydrogen-bond acceptors (Lipinski definition) is 1. The molecule has 1 aromatic rings. The summed E-state index contributed by atoms with van der Waals surface area (Å²) < 4.78 is 25.4. The van der Waals surface area contributed by atoms with E-state index in [-0.39, 0.29) is 18.8 Å². The second kappa shape index (κ2) is 3.01. The van der Waals surface area contributed by atoms with Crippen LogP contribution in [0.1, 0.15) is 35.6 Å². The third kappa shape index (κ3) is 1.51. The van der Waals surface area contributed by atoms with Crippen molar-refractivity contribution in [1.29, 1.82) is 0 Å². The second-order valence-electron chi connectivity index (χ2n) is 4.09. The molecule has 1 aromatic heterocycles. The zero-order valence-electron chi connectivity index (χ0n) is 8.35. The molecule has 1 fully saturated rings. The molecule has 0 bridgehead atoms. The van der Waals surface area contributed by atoms with E-state index in [0.29, 0.717) is 0 Å². The molecular formula is C11H13F2N. The molecular weight excluding hydrogens is 184 g/mol. The highest BCUT2D eigenvalue weighted by Crippen LogP contribution is 2.49. The molecule has 76 valence electrons. The lowest BCUT2D eigenvalue weighted by molar-refractivity contribution is -0.0870. The average Bonchev–Trinajstić information content (AvgIpc) is 2.00. The Morgan fingerprint density at radius 2 is 2.00 bits per heavy atom. The summed E-state index contributed by atoms with van der Waals surface area (Å²) in [5, 5.41) is 0. The summed E-state index contributed by atoms with van der Waals surface area (Å²) in [5.74, 6) is -2.43. The first-order valence-corrected chi connectivity index (χ1v) is 4.79. The SMILES string of the molecule is Cc1ccnc(C)c1C1CC(F)(F)C1. The normalized spacial score (nSPS) is 20.6. The Hall–Kier alpha value is -0.990. The third-order valence-corrected chi connectivity index (χ3v) is 2.91. The molecule has 0 radical (unpaired) electrons. The van der Waals surface area contributed by atoms with E-state index >= 15 is 0 Å². The summed E-state index contributed by atoms with van der Waals surface area (Å²) in [6.07, 6.45) is 1.70. The van der Waals surface area contributed by atoms with Crippen molar-refractivity contribution in [3.8, 4) is 0 Å². The lowest BCUT2D eigenvalue weighted by Gasteiger charge is -2.36. The largest absolute Gasteiger partial charge is 0.261 e. The standard InChI is InChI=1S/C11H13F2N/c1-7-3-4-14-8(2)10(7)9-5-11(12,13)6-9/h3-4,9H,5-6H2,1-2H3. The molecule has 2 rings (SSSR count). The fourth-order valence-electron chi connectivity index (χ4n) is 2.19. The summed E-state index contributed by atoms with van der Waals surface area (Å²) in [5.41, 5.74) is 3.00. The van der Waals surface area contributed by atoms with Crippen LogP contribution in [-0.4, -0.2) is 10.9 Å². The van der Waals surface area contributed by atoms with Crippen molar-refractivity contribution >= 4 is 0 Å². The van der Waals surface area contributed by atoms with Crippen molar-refractivity contribution in [2.75, 3.05) is 0 Å². The smallest absolute Gasteiger partial charge is 0.249 e. The maximum atomic E-state index is 12.7. The van der Waals surface area contributed by atoms with Gasteiger partial charge in [0.15, 0.2) is 0 Å². The summed E-state index contributed by atoms with van der Waals surface area (Å²) in [6.45, 7) is 3.85. The van der Waals surface area contributed by atoms with Crippen LogP contribution in [0.2, 0.25) is 0 Å². The molecule has 1 aliphatic carbocycles. The molecule has 1 nitrogen and oxygen atoms in total. The molecule has 0 aromatic carbocycles. The van der Waals surface area contributed by atoms with E-state index in [1.807, 2.05) is 19.9 Å². The molecule has 14 heavy (non-hydrogen) atoms. The number of rotatable bonds is 1. The Morgan fingerprint density at radius 1 is 1.36 bits per heavy atom. The van der Waals surface area contributed by atoms with Crippen LogP contribution in [-0.2, 0) is 0 Å². The van der Waals surface area contributed by atoms with Gasteiger partial charge in [0.1, 0.15) is 0 Å². The minimum Gasteiger partial charge on any atom is -0.261 e. The molecule has 3 heteroatoms. The number of alkyl halides is 2. The molecule has 0 saturated heterocycles. The van der Waals surface area contributed by atoms with Gasteiger partial charge in [0.25, 0.3) is 0 Å². The van der Waals surface area contributed by atoms with E-state index < -0.39 is 5.92 Å². The van der Waals surface area contributed by atoms with Gasteiger partial charge in [-0.25, -0.2) is 8.78 Å². The number of hydrogen-bond donors (Lipinski definition) is 0. The average molecular weight is 197 g/mol. The highest BCUT2D eigenvalue weighted by atomic mass is 19.3. The van der Waals surface area contributed by atoms with Crippen LogP contribution >= 0.6 is 0 Å². The fourth-order valence-corrected chi connectivity index (χ4v) is 2.19. The van der Waals surface area contributed by atoms with Crippen LogP contribution in [0.3, 0.4) is 0 Å². The summed E-state index contributed by atoms with van der Waals surface area (Å²) in [4.78, 5) is 4.15. The van der Waals surface area contributed by atoms with Crippen molar-refractivity contribution in [1.82, 2.24) is 4.98 Å². The molecule has 0 N–H and O–H groups in total. The van der Waals surface area contributed by atoms with Crippen molar-refractivity contribution < 1.29 is 8.78 Å². The van der Waals surface area contributed by atoms with Gasteiger partial charge >= 0.3 is 0 Å². The molecule has 1 saturated carbocycles. The number of nitrogens with zero attached hydrogens (tertiary/aromatic N) is 1. The maximum absolute atomic E-state index is 12.7. The fraction of sp³-hybridized carbons (Fsp3) is 0.545. The molecule has 1 aliphatic rings. The Kier molecular flexibility index (Phi) is 2.05. The molecule has 0 unspecified atom stereocenters. The van der Waals surface area contributed by atoms with Crippen molar-refractivity contribution in [3.05, 3.63) is 29.1 Å². The van der Waals surface area contributed by atoms with E-state index in [2.05, 4.69) is 4.98 Å². The minimum absolute atomic E-state index is 0.0127. The van der Waals surface area contributed by atoms with Crippen LogP contribution < -0.4 is 0 Å². The zero-order chi connectivity index (χ0) is 10.3. The number of aromatic nitrogens is 1. The quantitative estimate of drug-likeness (QED) is 0.673. The Labute approximate surface area is 82.2 Å². The Morgan fingerprint density at radius 3 is 2.50 bits per heavy atom. The van der Waals surface area contributed by atoms with Crippen molar-refractivity contribution in [2.45, 2.75) is 38.5 Å². The van der Waals surface area contributed by atoms with Crippen molar-refractivity contribution in [3.63, 3.8) is 0 Å². The van der Waals surface area contributed by atoms with Crippen LogP contribution in [0.25, 0.3) is 0 Å². The van der Waals surface area contributed by atoms with E-state index in [4.69, 9.17) is 0 Å². The highest BCUT2D eigenvalue weighted by Gasteiger charge is 2.46. The van der Waals surface area contributed by atoms with Crippen LogP contribution in [0, 0.1) is 13.8 Å². The van der Waals surface area contributed by atoms with Gasteiger partial charge in [-0.3, -0.25) is 4.98 Å². The Bertz CT molecular complexity index is 332. The van der Waals surface area contributed by atoms with E-state index in [1.165, 1.54) is 0 Å². The number of pyridine rings is 1. The van der Waals surface area contributed by atoms with Crippen LogP contribution in [0.4, 0.5) is 8.78 Å². The molecule has 0 aliphatic heterocycles. The van der Waals surface area contributed by atoms with Crippen LogP contribution in [0.5, 0.6) is 0 Å². The second-order valence-corrected chi connectivity index (χ2v) is 4.09. The highest BCUT2D eigenvalue weighted by molar-refractivity contribution is 5.34.